The number of H-pyrrole nitrogens is 1. The Balaban J connectivity index is 3.08. The Kier molecular flexibility index (Phi) is 1.76. The maximum Gasteiger partial charge on any atom is 0.198 e. The molecule has 0 saturated carbocycles. The third-order valence-corrected chi connectivity index (χ3v) is 1.04. The highest BCUT2D eigenvalue weighted by atomic mass is 32.1. The molecule has 1 aromatic heterocycles. The first-order valence-corrected chi connectivity index (χ1v) is 2.75. The molecule has 0 atom stereocenters. The van der Waals surface area contributed by atoms with Gasteiger partial charge in [-0.2, -0.15) is 0 Å². The molecular weight excluding hydrogens is 136 g/mol. The first-order chi connectivity index (χ1) is 4.33. The molecule has 9 heavy (non-hydrogen) atoms. The third kappa shape index (κ3) is 1.48. The fourth-order valence-corrected chi connectivity index (χ4v) is 0.624. The summed E-state index contributed by atoms with van der Waals surface area (Å²) in [4.78, 5) is 6.48. The normalized spacial score (nSPS) is 9.00. The zero-order valence-corrected chi connectivity index (χ0v) is 5.40. The molecule has 1 heterocycles. The van der Waals surface area contributed by atoms with E-state index in [1.54, 1.807) is 12.3 Å². The van der Waals surface area contributed by atoms with Gasteiger partial charge in [0.15, 0.2) is 4.77 Å². The Morgan fingerprint density at radius 2 is 2.56 bits per heavy atom. The Hall–Kier alpha value is -0.940. The van der Waals surface area contributed by atoms with Crippen LogP contribution in [0.5, 0.6) is 0 Å². The SMILES string of the molecule is NNc1ccnc(=S)[nH]1. The van der Waals surface area contributed by atoms with E-state index in [4.69, 9.17) is 18.1 Å². The average molecular weight is 142 g/mol. The van der Waals surface area contributed by atoms with Gasteiger partial charge in [0.2, 0.25) is 0 Å². The maximum atomic E-state index is 5.06. The Bertz CT molecular complexity index is 242. The molecule has 1 rings (SSSR count). The Labute approximate surface area is 57.1 Å². The molecule has 0 aliphatic rings. The Morgan fingerprint density at radius 3 is 3.00 bits per heavy atom. The van der Waals surface area contributed by atoms with Gasteiger partial charge in [-0.15, -0.1) is 0 Å². The molecule has 0 aliphatic heterocycles. The fourth-order valence-electron chi connectivity index (χ4n) is 0.453. The van der Waals surface area contributed by atoms with Gasteiger partial charge in [0.1, 0.15) is 5.82 Å². The topological polar surface area (TPSA) is 66.7 Å². The van der Waals surface area contributed by atoms with Crippen molar-refractivity contribution in [2.24, 2.45) is 5.84 Å². The number of anilines is 1. The van der Waals surface area contributed by atoms with Crippen LogP contribution in [0.2, 0.25) is 0 Å². The first kappa shape index (κ1) is 6.18. The molecule has 48 valence electrons. The Morgan fingerprint density at radius 1 is 1.78 bits per heavy atom. The molecule has 0 aliphatic carbocycles. The zero-order chi connectivity index (χ0) is 6.69. The molecule has 5 heteroatoms. The summed E-state index contributed by atoms with van der Waals surface area (Å²) in [5.74, 6) is 5.73. The van der Waals surface area contributed by atoms with Crippen LogP contribution in [0.3, 0.4) is 0 Å². The number of nitrogens with two attached hydrogens (primary N) is 1. The van der Waals surface area contributed by atoms with Gasteiger partial charge in [0, 0.05) is 6.20 Å². The molecule has 0 bridgehead atoms. The first-order valence-electron chi connectivity index (χ1n) is 2.35. The van der Waals surface area contributed by atoms with Crippen molar-refractivity contribution in [2.75, 3.05) is 5.43 Å². The smallest absolute Gasteiger partial charge is 0.198 e. The van der Waals surface area contributed by atoms with Crippen molar-refractivity contribution in [1.82, 2.24) is 9.97 Å². The summed E-state index contributed by atoms with van der Waals surface area (Å²) < 4.78 is 0.422. The number of aromatic nitrogens is 2. The molecule has 0 amide bonds. The molecule has 0 unspecified atom stereocenters. The summed E-state index contributed by atoms with van der Waals surface area (Å²) in [5.41, 5.74) is 2.41. The molecule has 4 nitrogen and oxygen atoms in total. The number of hydrazine groups is 1. The minimum atomic E-state index is 0.422. The molecule has 1 aromatic rings. The second-order valence-electron chi connectivity index (χ2n) is 1.43. The van der Waals surface area contributed by atoms with Gasteiger partial charge < -0.3 is 10.4 Å². The largest absolute Gasteiger partial charge is 0.316 e. The lowest BCUT2D eigenvalue weighted by atomic mass is 10.6. The molecular formula is C4H6N4S. The van der Waals surface area contributed by atoms with Crippen LogP contribution in [0.15, 0.2) is 12.3 Å². The van der Waals surface area contributed by atoms with E-state index >= 15 is 0 Å². The van der Waals surface area contributed by atoms with Gasteiger partial charge in [-0.05, 0) is 18.3 Å². The van der Waals surface area contributed by atoms with Crippen molar-refractivity contribution >= 4 is 18.0 Å². The van der Waals surface area contributed by atoms with Crippen LogP contribution < -0.4 is 11.3 Å². The quantitative estimate of drug-likeness (QED) is 0.302. The number of nitrogens with one attached hydrogen (secondary N) is 2. The van der Waals surface area contributed by atoms with E-state index in [1.165, 1.54) is 0 Å². The van der Waals surface area contributed by atoms with E-state index in [-0.39, 0.29) is 0 Å². The van der Waals surface area contributed by atoms with Gasteiger partial charge >= 0.3 is 0 Å². The summed E-state index contributed by atoms with van der Waals surface area (Å²) >= 11 is 4.70. The average Bonchev–Trinajstić information content (AvgIpc) is 1.88. The molecule has 0 spiro atoms. The summed E-state index contributed by atoms with van der Waals surface area (Å²) in [6.45, 7) is 0. The minimum absolute atomic E-state index is 0.422. The summed E-state index contributed by atoms with van der Waals surface area (Å²) in [7, 11) is 0. The van der Waals surface area contributed by atoms with Crippen LogP contribution in [-0.4, -0.2) is 9.97 Å². The van der Waals surface area contributed by atoms with Crippen molar-refractivity contribution in [3.05, 3.63) is 17.0 Å². The van der Waals surface area contributed by atoms with Crippen molar-refractivity contribution in [3.8, 4) is 0 Å². The highest BCUT2D eigenvalue weighted by molar-refractivity contribution is 7.71. The van der Waals surface area contributed by atoms with E-state index in [9.17, 15) is 0 Å². The lowest BCUT2D eigenvalue weighted by Crippen LogP contribution is -2.08. The van der Waals surface area contributed by atoms with Crippen LogP contribution in [0.1, 0.15) is 0 Å². The van der Waals surface area contributed by atoms with E-state index in [1.807, 2.05) is 0 Å². The lowest BCUT2D eigenvalue weighted by molar-refractivity contribution is 1.11. The summed E-state index contributed by atoms with van der Waals surface area (Å²) in [5, 5.41) is 0. The number of nitrogen functional groups attached to an aromatic ring is 1. The van der Waals surface area contributed by atoms with E-state index < -0.39 is 0 Å². The van der Waals surface area contributed by atoms with Crippen molar-refractivity contribution in [3.63, 3.8) is 0 Å². The summed E-state index contributed by atoms with van der Waals surface area (Å²) in [6, 6.07) is 1.69. The standard InChI is InChI=1S/C4H6N4S/c5-8-3-1-2-6-4(9)7-3/h1-2H,5H2,(H2,6,7,8,9). The van der Waals surface area contributed by atoms with Gasteiger partial charge in [-0.25, -0.2) is 10.8 Å². The third-order valence-electron chi connectivity index (χ3n) is 0.830. The molecule has 4 N–H and O–H groups in total. The zero-order valence-electron chi connectivity index (χ0n) is 4.59. The fraction of sp³-hybridized carbons (Fsp3) is 0. The molecule has 0 fully saturated rings. The van der Waals surface area contributed by atoms with Crippen LogP contribution in [-0.2, 0) is 0 Å². The van der Waals surface area contributed by atoms with Crippen LogP contribution in [0.25, 0.3) is 0 Å². The van der Waals surface area contributed by atoms with Gasteiger partial charge in [-0.1, -0.05) is 0 Å². The second-order valence-corrected chi connectivity index (χ2v) is 1.82. The number of hydrogen-bond acceptors (Lipinski definition) is 4. The number of hydrogen-bond donors (Lipinski definition) is 3. The van der Waals surface area contributed by atoms with Crippen molar-refractivity contribution in [1.29, 1.82) is 0 Å². The second kappa shape index (κ2) is 2.56. The van der Waals surface area contributed by atoms with Crippen molar-refractivity contribution < 1.29 is 0 Å². The highest BCUT2D eigenvalue weighted by Gasteiger charge is 1.82. The van der Waals surface area contributed by atoms with Gasteiger partial charge in [-0.3, -0.25) is 0 Å². The number of rotatable bonds is 1. The van der Waals surface area contributed by atoms with Crippen molar-refractivity contribution in [2.45, 2.75) is 0 Å². The summed E-state index contributed by atoms with van der Waals surface area (Å²) in [6.07, 6.45) is 1.58. The molecule has 0 radical (unpaired) electrons. The highest BCUT2D eigenvalue weighted by Crippen LogP contribution is 1.94. The van der Waals surface area contributed by atoms with E-state index in [0.29, 0.717) is 10.6 Å². The van der Waals surface area contributed by atoms with E-state index in [2.05, 4.69) is 15.4 Å². The molecule has 0 aromatic carbocycles. The number of nitrogens with zero attached hydrogens (tertiary/aromatic N) is 1. The van der Waals surface area contributed by atoms with Crippen LogP contribution >= 0.6 is 12.2 Å². The minimum Gasteiger partial charge on any atom is -0.316 e. The van der Waals surface area contributed by atoms with Gasteiger partial charge in [0.05, 0.1) is 0 Å². The van der Waals surface area contributed by atoms with Crippen LogP contribution in [0.4, 0.5) is 5.82 Å². The monoisotopic (exact) mass is 142 g/mol. The van der Waals surface area contributed by atoms with E-state index in [0.717, 1.165) is 0 Å². The molecule has 0 saturated heterocycles. The predicted octanol–water partition coefficient (Wildman–Crippen LogP) is 0.425. The lowest BCUT2D eigenvalue weighted by Gasteiger charge is -1.95. The van der Waals surface area contributed by atoms with Gasteiger partial charge in [0.25, 0.3) is 0 Å². The van der Waals surface area contributed by atoms with Crippen LogP contribution in [0, 0.1) is 4.77 Å². The number of aromatic amines is 1. The maximum absolute atomic E-state index is 5.06. The predicted molar refractivity (Wildman–Crippen MR) is 37.2 cm³/mol.